The van der Waals surface area contributed by atoms with Crippen molar-refractivity contribution in [3.05, 3.63) is 83.7 Å². The first-order chi connectivity index (χ1) is 16.0. The smallest absolute Gasteiger partial charge is 0.289 e. The van der Waals surface area contributed by atoms with Gasteiger partial charge in [0.2, 0.25) is 11.8 Å². The molecule has 168 valence electrons. The summed E-state index contributed by atoms with van der Waals surface area (Å²) in [6, 6.07) is 15.8. The first-order valence-corrected chi connectivity index (χ1v) is 11.2. The minimum absolute atomic E-state index is 0.109. The molecule has 1 aromatic heterocycles. The number of nitrogens with zero attached hydrogens (tertiary/aromatic N) is 3. The summed E-state index contributed by atoms with van der Waals surface area (Å²) in [6.07, 6.45) is 3.32. The maximum Gasteiger partial charge on any atom is 0.289 e. The largest absolute Gasteiger partial charge is 0.348 e. The molecular formula is C23H21N5O4S. The molecule has 0 unspecified atom stereocenters. The molecule has 1 aliphatic rings. The molecule has 0 radical (unpaired) electrons. The third kappa shape index (κ3) is 5.86. The molecule has 10 heteroatoms. The van der Waals surface area contributed by atoms with Crippen LogP contribution in [0.25, 0.3) is 0 Å². The van der Waals surface area contributed by atoms with Crippen LogP contribution >= 0.6 is 11.8 Å². The number of carbonyl (C=O) groups is 4. The third-order valence-electron chi connectivity index (χ3n) is 4.90. The summed E-state index contributed by atoms with van der Waals surface area (Å²) in [5.41, 5.74) is 2.58. The number of rotatable bonds is 8. The Bertz CT molecular complexity index is 1180. The van der Waals surface area contributed by atoms with E-state index in [1.54, 1.807) is 60.9 Å². The summed E-state index contributed by atoms with van der Waals surface area (Å²) >= 11 is 0.982. The van der Waals surface area contributed by atoms with Gasteiger partial charge in [-0.1, -0.05) is 36.0 Å². The van der Waals surface area contributed by atoms with E-state index in [2.05, 4.69) is 15.7 Å². The lowest BCUT2D eigenvalue weighted by Gasteiger charge is -2.13. The van der Waals surface area contributed by atoms with Gasteiger partial charge in [0.15, 0.2) is 0 Å². The van der Waals surface area contributed by atoms with E-state index in [4.69, 9.17) is 0 Å². The van der Waals surface area contributed by atoms with Gasteiger partial charge in [0.1, 0.15) is 6.54 Å². The zero-order valence-electron chi connectivity index (χ0n) is 17.6. The molecule has 4 rings (SSSR count). The Balaban J connectivity index is 1.33. The fourth-order valence-corrected chi connectivity index (χ4v) is 4.04. The first-order valence-electron chi connectivity index (χ1n) is 10.2. The van der Waals surface area contributed by atoms with Crippen LogP contribution in [0.2, 0.25) is 0 Å². The highest BCUT2D eigenvalue weighted by Crippen LogP contribution is 2.21. The Morgan fingerprint density at radius 1 is 1.03 bits per heavy atom. The predicted octanol–water partition coefficient (Wildman–Crippen LogP) is 2.65. The van der Waals surface area contributed by atoms with E-state index in [1.807, 2.05) is 6.07 Å². The van der Waals surface area contributed by atoms with Crippen molar-refractivity contribution in [2.75, 3.05) is 11.1 Å². The number of aromatic nitrogens is 2. The SMILES string of the molecule is O=C(Cn1cccn1)Nc1cccc(CNC(=O)c2cccc(CN3C(=O)CSC3=O)c2)c1. The lowest BCUT2D eigenvalue weighted by atomic mass is 10.1. The van der Waals surface area contributed by atoms with E-state index in [1.165, 1.54) is 9.58 Å². The number of thioether (sulfide) groups is 1. The molecule has 9 nitrogen and oxygen atoms in total. The lowest BCUT2D eigenvalue weighted by Crippen LogP contribution is -2.28. The number of hydrogen-bond donors (Lipinski definition) is 2. The maximum absolute atomic E-state index is 12.6. The predicted molar refractivity (Wildman–Crippen MR) is 123 cm³/mol. The molecule has 3 aromatic rings. The quantitative estimate of drug-likeness (QED) is 0.531. The van der Waals surface area contributed by atoms with Crippen LogP contribution in [0.4, 0.5) is 10.5 Å². The number of benzene rings is 2. The van der Waals surface area contributed by atoms with Gasteiger partial charge < -0.3 is 10.6 Å². The highest BCUT2D eigenvalue weighted by Gasteiger charge is 2.29. The maximum atomic E-state index is 12.6. The van der Waals surface area contributed by atoms with Gasteiger partial charge >= 0.3 is 0 Å². The van der Waals surface area contributed by atoms with Gasteiger partial charge in [0.25, 0.3) is 11.1 Å². The molecule has 4 amide bonds. The Morgan fingerprint density at radius 3 is 2.61 bits per heavy atom. The first kappa shape index (κ1) is 22.3. The van der Waals surface area contributed by atoms with Crippen molar-refractivity contribution < 1.29 is 19.2 Å². The lowest BCUT2D eigenvalue weighted by molar-refractivity contribution is -0.125. The van der Waals surface area contributed by atoms with E-state index >= 15 is 0 Å². The highest BCUT2D eigenvalue weighted by atomic mass is 32.2. The second kappa shape index (κ2) is 10.1. The second-order valence-electron chi connectivity index (χ2n) is 7.37. The number of anilines is 1. The summed E-state index contributed by atoms with van der Waals surface area (Å²) in [5, 5.41) is 9.40. The van der Waals surface area contributed by atoms with Crippen molar-refractivity contribution in [1.29, 1.82) is 0 Å². The normalized spacial score (nSPS) is 13.3. The van der Waals surface area contributed by atoms with Crippen LogP contribution in [0.3, 0.4) is 0 Å². The Morgan fingerprint density at radius 2 is 1.85 bits per heavy atom. The Kier molecular flexibility index (Phi) is 6.84. The van der Waals surface area contributed by atoms with Gasteiger partial charge in [0, 0.05) is 30.2 Å². The molecule has 1 fully saturated rings. The van der Waals surface area contributed by atoms with Crippen LogP contribution < -0.4 is 10.6 Å². The van der Waals surface area contributed by atoms with Crippen LogP contribution in [0.15, 0.2) is 67.0 Å². The molecule has 0 atom stereocenters. The molecule has 2 heterocycles. The zero-order chi connectivity index (χ0) is 23.2. The highest BCUT2D eigenvalue weighted by molar-refractivity contribution is 8.14. The number of nitrogens with one attached hydrogen (secondary N) is 2. The topological polar surface area (TPSA) is 113 Å². The summed E-state index contributed by atoms with van der Waals surface area (Å²) in [7, 11) is 0. The minimum atomic E-state index is -0.279. The number of imide groups is 1. The van der Waals surface area contributed by atoms with Crippen LogP contribution in [-0.2, 0) is 29.2 Å². The van der Waals surface area contributed by atoms with E-state index in [-0.39, 0.29) is 48.3 Å². The van der Waals surface area contributed by atoms with Gasteiger partial charge in [-0.05, 0) is 41.5 Å². The zero-order valence-corrected chi connectivity index (χ0v) is 18.4. The van der Waals surface area contributed by atoms with E-state index < -0.39 is 0 Å². The molecule has 0 aliphatic carbocycles. The summed E-state index contributed by atoms with van der Waals surface area (Å²) in [5.74, 6) is -0.554. The van der Waals surface area contributed by atoms with Gasteiger partial charge in [0.05, 0.1) is 12.3 Å². The molecule has 0 bridgehead atoms. The van der Waals surface area contributed by atoms with Gasteiger partial charge in [-0.15, -0.1) is 0 Å². The van der Waals surface area contributed by atoms with Gasteiger partial charge in [-0.25, -0.2) is 0 Å². The molecule has 1 aliphatic heterocycles. The van der Waals surface area contributed by atoms with Crippen molar-refractivity contribution in [2.45, 2.75) is 19.6 Å². The molecule has 2 aromatic carbocycles. The molecule has 2 N–H and O–H groups in total. The number of hydrogen-bond acceptors (Lipinski definition) is 6. The van der Waals surface area contributed by atoms with Crippen molar-refractivity contribution in [3.63, 3.8) is 0 Å². The van der Waals surface area contributed by atoms with E-state index in [9.17, 15) is 19.2 Å². The molecule has 1 saturated heterocycles. The van der Waals surface area contributed by atoms with Crippen LogP contribution in [-0.4, -0.2) is 43.4 Å². The summed E-state index contributed by atoms with van der Waals surface area (Å²) in [6.45, 7) is 0.523. The fraction of sp³-hybridized carbons (Fsp3) is 0.174. The van der Waals surface area contributed by atoms with E-state index in [0.29, 0.717) is 16.8 Å². The molecular weight excluding hydrogens is 442 g/mol. The fourth-order valence-electron chi connectivity index (χ4n) is 3.31. The summed E-state index contributed by atoms with van der Waals surface area (Å²) < 4.78 is 1.53. The Hall–Kier alpha value is -3.92. The van der Waals surface area contributed by atoms with Crippen molar-refractivity contribution in [2.24, 2.45) is 0 Å². The third-order valence-corrected chi connectivity index (χ3v) is 5.76. The van der Waals surface area contributed by atoms with Gasteiger partial charge in [-0.3, -0.25) is 28.8 Å². The van der Waals surface area contributed by atoms with Crippen LogP contribution in [0, 0.1) is 0 Å². The molecule has 0 saturated carbocycles. The second-order valence-corrected chi connectivity index (χ2v) is 8.30. The number of carbonyl (C=O) groups excluding carboxylic acids is 4. The van der Waals surface area contributed by atoms with Crippen molar-refractivity contribution in [3.8, 4) is 0 Å². The van der Waals surface area contributed by atoms with Crippen LogP contribution in [0.1, 0.15) is 21.5 Å². The molecule has 0 spiro atoms. The molecule has 33 heavy (non-hydrogen) atoms. The average molecular weight is 464 g/mol. The van der Waals surface area contributed by atoms with Gasteiger partial charge in [-0.2, -0.15) is 5.10 Å². The standard InChI is InChI=1S/C23H21N5O4S/c29-20(14-27-9-3-8-25-27)26-19-7-2-4-16(11-19)12-24-22(31)18-6-1-5-17(10-18)13-28-21(30)15-33-23(28)32/h1-11H,12-15H2,(H,24,31)(H,26,29). The Labute approximate surface area is 194 Å². The van der Waals surface area contributed by atoms with Crippen molar-refractivity contribution >= 4 is 40.4 Å². The summed E-state index contributed by atoms with van der Waals surface area (Å²) in [4.78, 5) is 49.6. The monoisotopic (exact) mass is 463 g/mol. The minimum Gasteiger partial charge on any atom is -0.348 e. The van der Waals surface area contributed by atoms with E-state index in [0.717, 1.165) is 17.3 Å². The van der Waals surface area contributed by atoms with Crippen molar-refractivity contribution in [1.82, 2.24) is 20.0 Å². The number of amides is 4. The van der Waals surface area contributed by atoms with Crippen LogP contribution in [0.5, 0.6) is 0 Å². The average Bonchev–Trinajstić information content (AvgIpc) is 3.43.